The Morgan fingerprint density at radius 1 is 1.14 bits per heavy atom. The molecule has 1 heterocycles. The van der Waals surface area contributed by atoms with E-state index in [4.69, 9.17) is 19.9 Å². The smallest absolute Gasteiger partial charge is 0.412 e. The minimum absolute atomic E-state index is 0.391. The third-order valence-corrected chi connectivity index (χ3v) is 5.69. The van der Waals surface area contributed by atoms with E-state index in [9.17, 15) is 19.5 Å². The lowest BCUT2D eigenvalue weighted by molar-refractivity contribution is -0.144. The molecule has 0 spiro atoms. The lowest BCUT2D eigenvalue weighted by Gasteiger charge is -2.31. The highest BCUT2D eigenvalue weighted by atomic mass is 32.2. The van der Waals surface area contributed by atoms with Crippen LogP contribution in [0.3, 0.4) is 0 Å². The Morgan fingerprint density at radius 2 is 1.66 bits per heavy atom. The fourth-order valence-electron chi connectivity index (χ4n) is 3.09. The largest absolute Gasteiger partial charge is 0.496 e. The SMILES string of the molecule is COc1cc(C)cc(OC)c1C1S[C@H](C(N)=O)C(C(=O)O)N1C(=O)OC(C)(C)C. The molecular formula is C19H26N2O7S. The Labute approximate surface area is 173 Å². The van der Waals surface area contributed by atoms with Gasteiger partial charge >= 0.3 is 12.1 Å². The number of carbonyl (C=O) groups is 3. The molecule has 0 radical (unpaired) electrons. The molecule has 2 rings (SSSR count). The fraction of sp³-hybridized carbons (Fsp3) is 0.526. The van der Waals surface area contributed by atoms with Crippen molar-refractivity contribution in [3.8, 4) is 11.5 Å². The summed E-state index contributed by atoms with van der Waals surface area (Å²) in [5.41, 5.74) is 5.85. The molecule has 2 amide bonds. The second kappa shape index (κ2) is 8.40. The average molecular weight is 426 g/mol. The first-order chi connectivity index (χ1) is 13.4. The normalized spacial score (nSPS) is 21.6. The van der Waals surface area contributed by atoms with Crippen molar-refractivity contribution < 1.29 is 33.7 Å². The van der Waals surface area contributed by atoms with Crippen LogP contribution in [0.15, 0.2) is 12.1 Å². The van der Waals surface area contributed by atoms with Gasteiger partial charge in [-0.2, -0.15) is 0 Å². The number of rotatable bonds is 5. The number of carboxylic acid groups (broad SMARTS) is 1. The van der Waals surface area contributed by atoms with Crippen molar-refractivity contribution in [3.63, 3.8) is 0 Å². The third kappa shape index (κ3) is 4.69. The van der Waals surface area contributed by atoms with Crippen molar-refractivity contribution in [2.45, 2.75) is 50.0 Å². The van der Waals surface area contributed by atoms with Crippen LogP contribution in [-0.4, -0.2) is 59.1 Å². The summed E-state index contributed by atoms with van der Waals surface area (Å²) in [5.74, 6) is -1.42. The van der Waals surface area contributed by atoms with Gasteiger partial charge in [0, 0.05) is 0 Å². The summed E-state index contributed by atoms with van der Waals surface area (Å²) in [6, 6.07) is 1.96. The first kappa shape index (κ1) is 22.7. The molecule has 1 aliphatic heterocycles. The van der Waals surface area contributed by atoms with Crippen LogP contribution in [0.5, 0.6) is 11.5 Å². The molecule has 29 heavy (non-hydrogen) atoms. The third-order valence-electron chi connectivity index (χ3n) is 4.19. The van der Waals surface area contributed by atoms with Gasteiger partial charge in [-0.15, -0.1) is 11.8 Å². The number of carbonyl (C=O) groups excluding carboxylic acids is 2. The highest BCUT2D eigenvalue weighted by Crippen LogP contribution is 2.52. The zero-order valence-corrected chi connectivity index (χ0v) is 18.0. The van der Waals surface area contributed by atoms with Crippen molar-refractivity contribution in [2.24, 2.45) is 5.73 Å². The number of amides is 2. The van der Waals surface area contributed by atoms with E-state index in [0.29, 0.717) is 17.1 Å². The van der Waals surface area contributed by atoms with E-state index in [2.05, 4.69) is 0 Å². The number of primary amides is 1. The Kier molecular flexibility index (Phi) is 6.56. The minimum atomic E-state index is -1.51. The van der Waals surface area contributed by atoms with Gasteiger partial charge in [0.2, 0.25) is 5.91 Å². The van der Waals surface area contributed by atoms with E-state index in [-0.39, 0.29) is 0 Å². The lowest BCUT2D eigenvalue weighted by Crippen LogP contribution is -2.50. The number of aryl methyl sites for hydroxylation is 1. The van der Waals surface area contributed by atoms with Gasteiger partial charge in [-0.1, -0.05) is 0 Å². The summed E-state index contributed by atoms with van der Waals surface area (Å²) in [5, 5.41) is 7.68. The summed E-state index contributed by atoms with van der Waals surface area (Å²) in [6.45, 7) is 6.83. The van der Waals surface area contributed by atoms with Crippen molar-refractivity contribution in [2.75, 3.05) is 14.2 Å². The van der Waals surface area contributed by atoms with E-state index >= 15 is 0 Å². The van der Waals surface area contributed by atoms with Crippen LogP contribution in [0.2, 0.25) is 0 Å². The average Bonchev–Trinajstić information content (AvgIpc) is 3.00. The summed E-state index contributed by atoms with van der Waals surface area (Å²) in [6.07, 6.45) is -0.879. The van der Waals surface area contributed by atoms with Gasteiger partial charge in [0.05, 0.1) is 19.8 Å². The molecule has 0 aromatic heterocycles. The van der Waals surface area contributed by atoms with Gasteiger partial charge in [-0.25, -0.2) is 9.59 Å². The zero-order chi connectivity index (χ0) is 22.1. The number of hydrogen-bond donors (Lipinski definition) is 2. The maximum Gasteiger partial charge on any atom is 0.412 e. The molecule has 10 heteroatoms. The van der Waals surface area contributed by atoms with Crippen LogP contribution >= 0.6 is 11.8 Å². The molecule has 3 N–H and O–H groups in total. The monoisotopic (exact) mass is 426 g/mol. The predicted molar refractivity (Wildman–Crippen MR) is 107 cm³/mol. The van der Waals surface area contributed by atoms with Gasteiger partial charge in [0.25, 0.3) is 0 Å². The molecule has 3 atom stereocenters. The Hall–Kier alpha value is -2.62. The Bertz CT molecular complexity index is 796. The number of ether oxygens (including phenoxy) is 3. The Morgan fingerprint density at radius 3 is 2.03 bits per heavy atom. The number of nitrogens with zero attached hydrogens (tertiary/aromatic N) is 1. The highest BCUT2D eigenvalue weighted by Gasteiger charge is 2.54. The predicted octanol–water partition coefficient (Wildman–Crippen LogP) is 2.30. The summed E-state index contributed by atoms with van der Waals surface area (Å²) >= 11 is 0.945. The van der Waals surface area contributed by atoms with E-state index < -0.39 is 40.2 Å². The van der Waals surface area contributed by atoms with Crippen LogP contribution in [0.4, 0.5) is 4.79 Å². The van der Waals surface area contributed by atoms with Crippen LogP contribution in [0.25, 0.3) is 0 Å². The van der Waals surface area contributed by atoms with Crippen molar-refractivity contribution in [1.29, 1.82) is 0 Å². The molecule has 160 valence electrons. The second-order valence-corrected chi connectivity index (χ2v) is 8.79. The van der Waals surface area contributed by atoms with Gasteiger partial charge in [0.1, 0.15) is 27.7 Å². The molecule has 0 saturated carbocycles. The molecule has 9 nitrogen and oxygen atoms in total. The topological polar surface area (TPSA) is 128 Å². The van der Waals surface area contributed by atoms with E-state index in [1.54, 1.807) is 32.9 Å². The summed E-state index contributed by atoms with van der Waals surface area (Å²) in [7, 11) is 2.91. The van der Waals surface area contributed by atoms with Gasteiger partial charge in [-0.05, 0) is 45.4 Å². The number of benzene rings is 1. The first-order valence-corrected chi connectivity index (χ1v) is 9.77. The van der Waals surface area contributed by atoms with Crippen molar-refractivity contribution in [3.05, 3.63) is 23.3 Å². The van der Waals surface area contributed by atoms with Crippen LogP contribution in [-0.2, 0) is 14.3 Å². The van der Waals surface area contributed by atoms with Crippen LogP contribution in [0, 0.1) is 6.92 Å². The molecule has 1 saturated heterocycles. The highest BCUT2D eigenvalue weighted by molar-refractivity contribution is 8.01. The fourth-order valence-corrected chi connectivity index (χ4v) is 4.61. The second-order valence-electron chi connectivity index (χ2n) is 7.57. The van der Waals surface area contributed by atoms with Crippen LogP contribution < -0.4 is 15.2 Å². The molecule has 0 aliphatic carbocycles. The van der Waals surface area contributed by atoms with Crippen molar-refractivity contribution in [1.82, 2.24) is 4.90 Å². The number of carboxylic acids is 1. The molecule has 1 fully saturated rings. The van der Waals surface area contributed by atoms with E-state index in [0.717, 1.165) is 22.2 Å². The number of aliphatic carboxylic acids is 1. The van der Waals surface area contributed by atoms with Gasteiger partial charge in [0.15, 0.2) is 6.04 Å². The molecule has 1 aliphatic rings. The number of thioether (sulfide) groups is 1. The number of nitrogens with two attached hydrogens (primary N) is 1. The molecular weight excluding hydrogens is 400 g/mol. The zero-order valence-electron chi connectivity index (χ0n) is 17.2. The molecule has 1 aromatic carbocycles. The minimum Gasteiger partial charge on any atom is -0.496 e. The molecule has 2 unspecified atom stereocenters. The molecule has 1 aromatic rings. The quantitative estimate of drug-likeness (QED) is 0.734. The number of methoxy groups -OCH3 is 2. The van der Waals surface area contributed by atoms with Gasteiger partial charge in [-0.3, -0.25) is 9.69 Å². The van der Waals surface area contributed by atoms with E-state index in [1.165, 1.54) is 14.2 Å². The van der Waals surface area contributed by atoms with Crippen molar-refractivity contribution >= 4 is 29.7 Å². The standard InChI is InChI=1S/C19H26N2O7S/c1-9-7-10(26-5)12(11(8-9)27-6)16-21(18(25)28-19(2,3)4)13(17(23)24)14(29-16)15(20)22/h7-8,13-14,16H,1-6H3,(H2,20,22)(H,23,24)/t13?,14-,16?/m0/s1. The number of hydrogen-bond acceptors (Lipinski definition) is 7. The summed E-state index contributed by atoms with van der Waals surface area (Å²) in [4.78, 5) is 38.0. The molecule has 0 bridgehead atoms. The van der Waals surface area contributed by atoms with E-state index in [1.807, 2.05) is 6.92 Å². The first-order valence-electron chi connectivity index (χ1n) is 8.82. The maximum atomic E-state index is 13.0. The van der Waals surface area contributed by atoms with Gasteiger partial charge < -0.3 is 25.1 Å². The summed E-state index contributed by atoms with van der Waals surface area (Å²) < 4.78 is 16.4. The maximum absolute atomic E-state index is 13.0. The Balaban J connectivity index is 2.69. The lowest BCUT2D eigenvalue weighted by atomic mass is 10.1. The van der Waals surface area contributed by atoms with Crippen LogP contribution in [0.1, 0.15) is 37.3 Å².